The summed E-state index contributed by atoms with van der Waals surface area (Å²) in [4.78, 5) is 11.4. The van der Waals surface area contributed by atoms with Crippen LogP contribution in [0, 0.1) is 6.92 Å². The zero-order valence-corrected chi connectivity index (χ0v) is 13.5. The van der Waals surface area contributed by atoms with Gasteiger partial charge in [-0.3, -0.25) is 0 Å². The summed E-state index contributed by atoms with van der Waals surface area (Å²) in [6.07, 6.45) is 0. The molecule has 1 heterocycles. The van der Waals surface area contributed by atoms with Crippen molar-refractivity contribution in [3.8, 4) is 0 Å². The van der Waals surface area contributed by atoms with E-state index in [-0.39, 0.29) is 5.11 Å². The Kier molecular flexibility index (Phi) is 3.54. The molecule has 5 nitrogen and oxygen atoms in total. The molecule has 0 bridgehead atoms. The normalized spacial score (nSPS) is 10.9. The lowest BCUT2D eigenvalue weighted by molar-refractivity contribution is 1.13. The van der Waals surface area contributed by atoms with Crippen LogP contribution in [-0.4, -0.2) is 29.2 Å². The summed E-state index contributed by atoms with van der Waals surface area (Å²) < 4.78 is 0. The standard InChI is InChI=1S/C16H17N5S/c1-9-6-13-15(8-12(9)20-16(17)22)19-14-7-10(21(2)3)4-5-11(14)18-13/h4-8H,1-3H3,(H3,17,20,22). The zero-order chi connectivity index (χ0) is 15.9. The molecule has 0 amide bonds. The van der Waals surface area contributed by atoms with Crippen LogP contribution in [0.5, 0.6) is 0 Å². The van der Waals surface area contributed by atoms with Gasteiger partial charge < -0.3 is 16.0 Å². The number of hydrogen-bond donors (Lipinski definition) is 2. The van der Waals surface area contributed by atoms with Crippen LogP contribution in [0.2, 0.25) is 0 Å². The highest BCUT2D eigenvalue weighted by atomic mass is 32.1. The topological polar surface area (TPSA) is 67.1 Å². The second kappa shape index (κ2) is 5.38. The zero-order valence-electron chi connectivity index (χ0n) is 12.7. The number of aryl methyl sites for hydroxylation is 1. The van der Waals surface area contributed by atoms with Gasteiger partial charge in [0, 0.05) is 25.5 Å². The molecule has 112 valence electrons. The lowest BCUT2D eigenvalue weighted by Crippen LogP contribution is -2.19. The number of fused-ring (bicyclic) bond motifs is 2. The molecule has 0 spiro atoms. The number of nitrogens with two attached hydrogens (primary N) is 1. The van der Waals surface area contributed by atoms with E-state index in [9.17, 15) is 0 Å². The van der Waals surface area contributed by atoms with Gasteiger partial charge >= 0.3 is 0 Å². The molecule has 0 saturated heterocycles. The Bertz CT molecular complexity index is 888. The highest BCUT2D eigenvalue weighted by Crippen LogP contribution is 2.25. The van der Waals surface area contributed by atoms with Crippen LogP contribution in [0.4, 0.5) is 11.4 Å². The van der Waals surface area contributed by atoms with Crippen LogP contribution in [0.3, 0.4) is 0 Å². The summed E-state index contributed by atoms with van der Waals surface area (Å²) in [5.41, 5.74) is 12.0. The largest absolute Gasteiger partial charge is 0.378 e. The molecular formula is C16H17N5S. The fourth-order valence-electron chi connectivity index (χ4n) is 2.36. The van der Waals surface area contributed by atoms with Gasteiger partial charge in [-0.1, -0.05) is 0 Å². The van der Waals surface area contributed by atoms with E-state index in [0.717, 1.165) is 39.0 Å². The van der Waals surface area contributed by atoms with Gasteiger partial charge in [-0.25, -0.2) is 9.97 Å². The minimum Gasteiger partial charge on any atom is -0.378 e. The summed E-state index contributed by atoms with van der Waals surface area (Å²) in [6.45, 7) is 1.99. The van der Waals surface area contributed by atoms with E-state index >= 15 is 0 Å². The molecule has 0 radical (unpaired) electrons. The average molecular weight is 311 g/mol. The fraction of sp³-hybridized carbons (Fsp3) is 0.188. The number of anilines is 2. The van der Waals surface area contributed by atoms with Gasteiger partial charge in [0.1, 0.15) is 0 Å². The molecule has 0 aliphatic heterocycles. The van der Waals surface area contributed by atoms with Crippen molar-refractivity contribution in [2.24, 2.45) is 5.73 Å². The van der Waals surface area contributed by atoms with E-state index in [0.29, 0.717) is 0 Å². The third kappa shape index (κ3) is 2.65. The van der Waals surface area contributed by atoms with Gasteiger partial charge in [-0.05, 0) is 55.0 Å². The molecule has 1 aromatic heterocycles. The lowest BCUT2D eigenvalue weighted by Gasteiger charge is -2.13. The Balaban J connectivity index is 2.21. The van der Waals surface area contributed by atoms with Crippen molar-refractivity contribution in [2.75, 3.05) is 24.3 Å². The van der Waals surface area contributed by atoms with Crippen LogP contribution in [0.25, 0.3) is 22.1 Å². The molecule has 0 unspecified atom stereocenters. The predicted molar refractivity (Wildman–Crippen MR) is 96.5 cm³/mol. The van der Waals surface area contributed by atoms with Crippen molar-refractivity contribution in [3.63, 3.8) is 0 Å². The van der Waals surface area contributed by atoms with Crippen LogP contribution < -0.4 is 16.0 Å². The number of aromatic nitrogens is 2. The summed E-state index contributed by atoms with van der Waals surface area (Å²) >= 11 is 4.91. The van der Waals surface area contributed by atoms with Gasteiger partial charge in [0.15, 0.2) is 5.11 Å². The van der Waals surface area contributed by atoms with E-state index in [4.69, 9.17) is 22.9 Å². The third-order valence-electron chi connectivity index (χ3n) is 3.54. The Morgan fingerprint density at radius 3 is 2.36 bits per heavy atom. The van der Waals surface area contributed by atoms with E-state index < -0.39 is 0 Å². The third-order valence-corrected chi connectivity index (χ3v) is 3.64. The van der Waals surface area contributed by atoms with Crippen LogP contribution in [0.1, 0.15) is 5.56 Å². The molecule has 0 saturated carbocycles. The van der Waals surface area contributed by atoms with Crippen molar-refractivity contribution >= 4 is 50.8 Å². The molecule has 3 N–H and O–H groups in total. The monoisotopic (exact) mass is 311 g/mol. The van der Waals surface area contributed by atoms with Crippen molar-refractivity contribution in [2.45, 2.75) is 6.92 Å². The first-order valence-corrected chi connectivity index (χ1v) is 7.31. The summed E-state index contributed by atoms with van der Waals surface area (Å²) in [5.74, 6) is 0. The Morgan fingerprint density at radius 1 is 1.05 bits per heavy atom. The number of thiocarbonyl (C=S) groups is 1. The lowest BCUT2D eigenvalue weighted by atomic mass is 10.1. The first-order chi connectivity index (χ1) is 10.4. The molecule has 0 atom stereocenters. The van der Waals surface area contributed by atoms with Crippen LogP contribution in [-0.2, 0) is 0 Å². The Labute approximate surface area is 134 Å². The molecule has 6 heteroatoms. The van der Waals surface area contributed by atoms with E-state index in [2.05, 4.69) is 10.3 Å². The predicted octanol–water partition coefficient (Wildman–Crippen LogP) is 2.81. The smallest absolute Gasteiger partial charge is 0.168 e. The van der Waals surface area contributed by atoms with Gasteiger partial charge in [-0.2, -0.15) is 0 Å². The molecule has 22 heavy (non-hydrogen) atoms. The van der Waals surface area contributed by atoms with Gasteiger partial charge in [-0.15, -0.1) is 0 Å². The van der Waals surface area contributed by atoms with E-state index in [1.165, 1.54) is 0 Å². The van der Waals surface area contributed by atoms with Gasteiger partial charge in [0.2, 0.25) is 0 Å². The SMILES string of the molecule is Cc1cc2nc3ccc(N(C)C)cc3nc2cc1NC(N)=S. The molecular weight excluding hydrogens is 294 g/mol. The number of nitrogens with zero attached hydrogens (tertiary/aromatic N) is 3. The molecule has 3 aromatic rings. The quantitative estimate of drug-likeness (QED) is 0.560. The summed E-state index contributed by atoms with van der Waals surface area (Å²) in [6, 6.07) is 9.98. The maximum absolute atomic E-state index is 5.56. The first-order valence-electron chi connectivity index (χ1n) is 6.90. The van der Waals surface area contributed by atoms with Crippen LogP contribution in [0.15, 0.2) is 30.3 Å². The number of benzene rings is 2. The minimum absolute atomic E-state index is 0.242. The molecule has 0 aliphatic carbocycles. The second-order valence-corrected chi connectivity index (χ2v) is 5.88. The summed E-state index contributed by atoms with van der Waals surface area (Å²) in [7, 11) is 4.01. The van der Waals surface area contributed by atoms with Crippen molar-refractivity contribution in [1.29, 1.82) is 0 Å². The maximum Gasteiger partial charge on any atom is 0.168 e. The molecule has 0 aliphatic rings. The number of nitrogens with one attached hydrogen (secondary N) is 1. The average Bonchev–Trinajstić information content (AvgIpc) is 2.45. The highest BCUT2D eigenvalue weighted by molar-refractivity contribution is 7.80. The Hall–Kier alpha value is -2.47. The van der Waals surface area contributed by atoms with Gasteiger partial charge in [0.25, 0.3) is 0 Å². The number of hydrogen-bond acceptors (Lipinski definition) is 4. The Morgan fingerprint density at radius 2 is 1.68 bits per heavy atom. The molecule has 0 fully saturated rings. The first kappa shape index (κ1) is 14.5. The highest BCUT2D eigenvalue weighted by Gasteiger charge is 2.07. The minimum atomic E-state index is 0.242. The van der Waals surface area contributed by atoms with Crippen molar-refractivity contribution < 1.29 is 0 Å². The van der Waals surface area contributed by atoms with E-state index in [1.807, 2.05) is 56.3 Å². The van der Waals surface area contributed by atoms with Gasteiger partial charge in [0.05, 0.1) is 22.1 Å². The van der Waals surface area contributed by atoms with Crippen molar-refractivity contribution in [3.05, 3.63) is 35.9 Å². The van der Waals surface area contributed by atoms with Crippen LogP contribution >= 0.6 is 12.2 Å². The molecule has 3 rings (SSSR count). The molecule has 2 aromatic carbocycles. The van der Waals surface area contributed by atoms with Crippen molar-refractivity contribution in [1.82, 2.24) is 9.97 Å². The fourth-order valence-corrected chi connectivity index (χ4v) is 2.47. The summed E-state index contributed by atoms with van der Waals surface area (Å²) in [5, 5.41) is 3.22. The maximum atomic E-state index is 5.56. The number of rotatable bonds is 2. The van der Waals surface area contributed by atoms with E-state index in [1.54, 1.807) is 0 Å². The second-order valence-electron chi connectivity index (χ2n) is 5.44.